The molecule has 0 aromatic carbocycles. The summed E-state index contributed by atoms with van der Waals surface area (Å²) in [4.78, 5) is 11.8. The van der Waals surface area contributed by atoms with Crippen molar-refractivity contribution in [2.24, 2.45) is 13.0 Å². The van der Waals surface area contributed by atoms with E-state index in [9.17, 15) is 4.79 Å². The van der Waals surface area contributed by atoms with E-state index in [0.29, 0.717) is 12.5 Å². The number of carbonyl (C=O) groups excluding carboxylic acids is 1. The van der Waals surface area contributed by atoms with Crippen molar-refractivity contribution in [3.05, 3.63) is 17.5 Å². The third-order valence-corrected chi connectivity index (χ3v) is 3.34. The first-order chi connectivity index (χ1) is 10.6. The van der Waals surface area contributed by atoms with Gasteiger partial charge in [-0.3, -0.25) is 4.68 Å². The average molecular weight is 324 g/mol. The largest absolute Gasteiger partial charge is 0.444 e. The van der Waals surface area contributed by atoms with Crippen LogP contribution < -0.4 is 10.6 Å². The quantitative estimate of drug-likeness (QED) is 0.809. The molecule has 6 heteroatoms. The van der Waals surface area contributed by atoms with Crippen LogP contribution >= 0.6 is 0 Å². The average Bonchev–Trinajstić information content (AvgIpc) is 2.68. The Labute approximate surface area is 140 Å². The van der Waals surface area contributed by atoms with Gasteiger partial charge in [0, 0.05) is 37.9 Å². The molecule has 0 aliphatic carbocycles. The standard InChI is InChI=1S/C17H32N4O2/c1-12(2)8-15(10-19-16(22)23-17(4,5)6)18-9-14-11-21(7)20-13(14)3/h11-12,15,18H,8-10H2,1-7H3,(H,19,22). The second kappa shape index (κ2) is 8.34. The molecule has 1 aromatic heterocycles. The highest BCUT2D eigenvalue weighted by Gasteiger charge is 2.18. The van der Waals surface area contributed by atoms with Crippen molar-refractivity contribution in [2.45, 2.75) is 66.2 Å². The number of amides is 1. The minimum Gasteiger partial charge on any atom is -0.444 e. The zero-order valence-electron chi connectivity index (χ0n) is 15.6. The lowest BCUT2D eigenvalue weighted by molar-refractivity contribution is 0.0520. The monoisotopic (exact) mass is 324 g/mol. The Kier molecular flexibility index (Phi) is 7.06. The molecule has 0 fully saturated rings. The van der Waals surface area contributed by atoms with Crippen LogP contribution in [-0.2, 0) is 18.3 Å². The highest BCUT2D eigenvalue weighted by molar-refractivity contribution is 5.67. The molecule has 0 saturated carbocycles. The molecule has 1 amide bonds. The molecule has 0 radical (unpaired) electrons. The summed E-state index contributed by atoms with van der Waals surface area (Å²) in [5.74, 6) is 0.544. The molecule has 0 aliphatic rings. The van der Waals surface area contributed by atoms with Crippen LogP contribution in [0, 0.1) is 12.8 Å². The minimum absolute atomic E-state index is 0.196. The Morgan fingerprint density at radius 2 is 2.04 bits per heavy atom. The first-order valence-electron chi connectivity index (χ1n) is 8.26. The highest BCUT2D eigenvalue weighted by atomic mass is 16.6. The molecule has 0 aliphatic heterocycles. The number of carbonyl (C=O) groups is 1. The molecule has 1 heterocycles. The number of aryl methyl sites for hydroxylation is 2. The van der Waals surface area contributed by atoms with E-state index in [2.05, 4.69) is 29.6 Å². The molecule has 6 nitrogen and oxygen atoms in total. The summed E-state index contributed by atoms with van der Waals surface area (Å²) in [7, 11) is 1.92. The zero-order valence-corrected chi connectivity index (χ0v) is 15.6. The number of alkyl carbamates (subject to hydrolysis) is 1. The topological polar surface area (TPSA) is 68.2 Å². The van der Waals surface area contributed by atoms with Gasteiger partial charge in [-0.2, -0.15) is 5.10 Å². The van der Waals surface area contributed by atoms with E-state index >= 15 is 0 Å². The van der Waals surface area contributed by atoms with E-state index in [1.54, 1.807) is 0 Å². The lowest BCUT2D eigenvalue weighted by atomic mass is 10.0. The van der Waals surface area contributed by atoms with Gasteiger partial charge in [0.05, 0.1) is 5.69 Å². The summed E-state index contributed by atoms with van der Waals surface area (Å²) in [6, 6.07) is 0.196. The Balaban J connectivity index is 2.52. The van der Waals surface area contributed by atoms with Crippen molar-refractivity contribution in [2.75, 3.05) is 6.54 Å². The van der Waals surface area contributed by atoms with Gasteiger partial charge in [-0.1, -0.05) is 13.8 Å². The molecule has 132 valence electrons. The van der Waals surface area contributed by atoms with Crippen molar-refractivity contribution in [3.8, 4) is 0 Å². The normalized spacial score (nSPS) is 13.2. The zero-order chi connectivity index (χ0) is 17.6. The molecule has 1 unspecified atom stereocenters. The van der Waals surface area contributed by atoms with Crippen LogP contribution in [0.25, 0.3) is 0 Å². The van der Waals surface area contributed by atoms with E-state index < -0.39 is 5.60 Å². The molecule has 0 saturated heterocycles. The number of rotatable bonds is 7. The van der Waals surface area contributed by atoms with E-state index in [4.69, 9.17) is 4.74 Å². The van der Waals surface area contributed by atoms with Crippen LogP contribution in [-0.4, -0.2) is 34.1 Å². The van der Waals surface area contributed by atoms with Crippen molar-refractivity contribution in [1.29, 1.82) is 0 Å². The smallest absolute Gasteiger partial charge is 0.407 e. The first kappa shape index (κ1) is 19.5. The molecule has 1 aromatic rings. The van der Waals surface area contributed by atoms with Gasteiger partial charge in [-0.05, 0) is 40.0 Å². The number of aromatic nitrogens is 2. The molecule has 23 heavy (non-hydrogen) atoms. The van der Waals surface area contributed by atoms with Gasteiger partial charge in [-0.15, -0.1) is 0 Å². The van der Waals surface area contributed by atoms with E-state index in [1.807, 2.05) is 45.6 Å². The number of nitrogens with one attached hydrogen (secondary N) is 2. The lowest BCUT2D eigenvalue weighted by Crippen LogP contribution is -2.43. The van der Waals surface area contributed by atoms with E-state index in [-0.39, 0.29) is 12.1 Å². The van der Waals surface area contributed by atoms with Crippen LogP contribution in [0.2, 0.25) is 0 Å². The Hall–Kier alpha value is -1.56. The lowest BCUT2D eigenvalue weighted by Gasteiger charge is -2.23. The summed E-state index contributed by atoms with van der Waals surface area (Å²) >= 11 is 0. The van der Waals surface area contributed by atoms with Crippen LogP contribution in [0.1, 0.15) is 52.3 Å². The molecule has 0 spiro atoms. The number of hydrogen-bond donors (Lipinski definition) is 2. The van der Waals surface area contributed by atoms with Crippen molar-refractivity contribution >= 4 is 6.09 Å². The van der Waals surface area contributed by atoms with Crippen molar-refractivity contribution < 1.29 is 9.53 Å². The van der Waals surface area contributed by atoms with Crippen molar-refractivity contribution in [1.82, 2.24) is 20.4 Å². The second-order valence-corrected chi connectivity index (χ2v) is 7.50. The number of nitrogens with zero attached hydrogens (tertiary/aromatic N) is 2. The summed E-state index contributed by atoms with van der Waals surface area (Å²) in [5, 5.41) is 10.7. The van der Waals surface area contributed by atoms with Gasteiger partial charge < -0.3 is 15.4 Å². The van der Waals surface area contributed by atoms with E-state index in [0.717, 1.165) is 18.7 Å². The maximum Gasteiger partial charge on any atom is 0.407 e. The van der Waals surface area contributed by atoms with Crippen LogP contribution in [0.3, 0.4) is 0 Å². The molecule has 2 N–H and O–H groups in total. The van der Waals surface area contributed by atoms with Gasteiger partial charge in [0.1, 0.15) is 5.60 Å². The van der Waals surface area contributed by atoms with Crippen LogP contribution in [0.4, 0.5) is 4.79 Å². The van der Waals surface area contributed by atoms with Crippen LogP contribution in [0.5, 0.6) is 0 Å². The SMILES string of the molecule is Cc1nn(C)cc1CNC(CNC(=O)OC(C)(C)C)CC(C)C. The second-order valence-electron chi connectivity index (χ2n) is 7.50. The first-order valence-corrected chi connectivity index (χ1v) is 8.26. The summed E-state index contributed by atoms with van der Waals surface area (Å²) < 4.78 is 7.11. The molecule has 1 rings (SSSR count). The fourth-order valence-electron chi connectivity index (χ4n) is 2.41. The van der Waals surface area contributed by atoms with Gasteiger partial charge in [0.15, 0.2) is 0 Å². The Bertz CT molecular complexity index is 503. The predicted octanol–water partition coefficient (Wildman–Crippen LogP) is 2.76. The molecule has 1 atom stereocenters. The minimum atomic E-state index is -0.474. The van der Waals surface area contributed by atoms with E-state index in [1.165, 1.54) is 5.56 Å². The highest BCUT2D eigenvalue weighted by Crippen LogP contribution is 2.09. The van der Waals surface area contributed by atoms with Gasteiger partial charge >= 0.3 is 6.09 Å². The molecule has 0 bridgehead atoms. The maximum atomic E-state index is 11.8. The third-order valence-electron chi connectivity index (χ3n) is 3.34. The number of hydrogen-bond acceptors (Lipinski definition) is 4. The predicted molar refractivity (Wildman–Crippen MR) is 92.3 cm³/mol. The summed E-state index contributed by atoms with van der Waals surface area (Å²) in [6.07, 6.45) is 2.64. The van der Waals surface area contributed by atoms with Gasteiger partial charge in [0.25, 0.3) is 0 Å². The van der Waals surface area contributed by atoms with Gasteiger partial charge in [-0.25, -0.2) is 4.79 Å². The maximum absolute atomic E-state index is 11.8. The van der Waals surface area contributed by atoms with Crippen molar-refractivity contribution in [3.63, 3.8) is 0 Å². The Morgan fingerprint density at radius 3 is 2.52 bits per heavy atom. The number of ether oxygens (including phenoxy) is 1. The fourth-order valence-corrected chi connectivity index (χ4v) is 2.41. The third kappa shape index (κ3) is 8.02. The molecular weight excluding hydrogens is 292 g/mol. The van der Waals surface area contributed by atoms with Gasteiger partial charge in [0.2, 0.25) is 0 Å². The Morgan fingerprint density at radius 1 is 1.39 bits per heavy atom. The van der Waals surface area contributed by atoms with Crippen LogP contribution in [0.15, 0.2) is 6.20 Å². The summed E-state index contributed by atoms with van der Waals surface area (Å²) in [5.41, 5.74) is 1.74. The summed E-state index contributed by atoms with van der Waals surface area (Å²) in [6.45, 7) is 13.2. The fraction of sp³-hybridized carbons (Fsp3) is 0.765. The molecular formula is C17H32N4O2.